The molecule has 0 aromatic heterocycles. The summed E-state index contributed by atoms with van der Waals surface area (Å²) >= 11 is 0. The van der Waals surface area contributed by atoms with Crippen LogP contribution in [0.5, 0.6) is 0 Å². The number of carboxylic acids is 1. The lowest BCUT2D eigenvalue weighted by Crippen LogP contribution is -2.41. The van der Waals surface area contributed by atoms with Crippen molar-refractivity contribution in [3.63, 3.8) is 0 Å². The summed E-state index contributed by atoms with van der Waals surface area (Å²) in [7, 11) is 0. The van der Waals surface area contributed by atoms with Crippen LogP contribution in [-0.2, 0) is 6.42 Å². The number of unbranched alkanes of at least 4 members (excludes halogenated alkanes) is 1. The van der Waals surface area contributed by atoms with Crippen LogP contribution in [0.2, 0.25) is 0 Å². The Morgan fingerprint density at radius 3 is 2.68 bits per heavy atom. The predicted molar refractivity (Wildman–Crippen MR) is 105 cm³/mol. The third kappa shape index (κ3) is 4.89. The van der Waals surface area contributed by atoms with Crippen LogP contribution in [0.4, 0.5) is 5.69 Å². The first-order chi connectivity index (χ1) is 11.7. The fraction of sp³-hybridized carbons (Fsp3) is 0.650. The van der Waals surface area contributed by atoms with Gasteiger partial charge in [-0.3, -0.25) is 0 Å². The summed E-state index contributed by atoms with van der Waals surface area (Å²) < 4.78 is 0. The van der Waals surface area contributed by atoms with Gasteiger partial charge in [-0.1, -0.05) is 25.5 Å². The van der Waals surface area contributed by atoms with Gasteiger partial charge in [-0.05, 0) is 69.3 Å². The Hall–Kier alpha value is -1.26. The third-order valence-corrected chi connectivity index (χ3v) is 5.55. The zero-order valence-electron chi connectivity index (χ0n) is 15.2. The Kier molecular flexibility index (Phi) is 7.57. The summed E-state index contributed by atoms with van der Waals surface area (Å²) in [5.41, 5.74) is 2.68. The maximum atomic E-state index is 11.6. The van der Waals surface area contributed by atoms with Crippen molar-refractivity contribution in [3.05, 3.63) is 29.3 Å². The molecular formula is C20H31ClN2O2. The molecule has 1 saturated heterocycles. The molecule has 5 heteroatoms. The van der Waals surface area contributed by atoms with E-state index in [1.165, 1.54) is 50.9 Å². The lowest BCUT2D eigenvalue weighted by atomic mass is 9.92. The number of likely N-dealkylation sites (tertiary alicyclic amines) is 1. The van der Waals surface area contributed by atoms with Gasteiger partial charge in [0.05, 0.1) is 11.3 Å². The number of aryl methyl sites for hydroxylation is 1. The molecule has 0 unspecified atom stereocenters. The summed E-state index contributed by atoms with van der Waals surface area (Å²) in [6.07, 6.45) is 7.18. The second kappa shape index (κ2) is 9.44. The summed E-state index contributed by atoms with van der Waals surface area (Å²) in [4.78, 5) is 16.6. The van der Waals surface area contributed by atoms with E-state index in [9.17, 15) is 9.90 Å². The molecule has 1 fully saturated rings. The van der Waals surface area contributed by atoms with Crippen molar-refractivity contribution >= 4 is 24.1 Å². The second-order valence-corrected chi connectivity index (χ2v) is 7.31. The van der Waals surface area contributed by atoms with Crippen molar-refractivity contribution in [1.29, 1.82) is 0 Å². The summed E-state index contributed by atoms with van der Waals surface area (Å²) in [5, 5.41) is 9.55. The monoisotopic (exact) mass is 366 g/mol. The van der Waals surface area contributed by atoms with Crippen molar-refractivity contribution in [1.82, 2.24) is 4.90 Å². The number of fused-ring (bicyclic) bond motifs is 1. The highest BCUT2D eigenvalue weighted by atomic mass is 35.5. The van der Waals surface area contributed by atoms with Crippen LogP contribution in [0.1, 0.15) is 54.9 Å². The summed E-state index contributed by atoms with van der Waals surface area (Å²) in [5.74, 6) is -0.108. The molecule has 2 aliphatic rings. The highest BCUT2D eigenvalue weighted by molar-refractivity contribution is 5.95. The predicted octanol–water partition coefficient (Wildman–Crippen LogP) is 4.07. The highest BCUT2D eigenvalue weighted by Crippen LogP contribution is 2.33. The van der Waals surface area contributed by atoms with E-state index >= 15 is 0 Å². The molecule has 140 valence electrons. The summed E-state index contributed by atoms with van der Waals surface area (Å²) in [6, 6.07) is 5.74. The molecule has 4 nitrogen and oxygen atoms in total. The maximum Gasteiger partial charge on any atom is 0.337 e. The Morgan fingerprint density at radius 2 is 2.00 bits per heavy atom. The van der Waals surface area contributed by atoms with Gasteiger partial charge in [0.25, 0.3) is 0 Å². The highest BCUT2D eigenvalue weighted by Gasteiger charge is 2.27. The number of anilines is 1. The second-order valence-electron chi connectivity index (χ2n) is 7.31. The Bertz CT molecular complexity index is 571. The first-order valence-corrected chi connectivity index (χ1v) is 9.51. The molecule has 2 aliphatic heterocycles. The van der Waals surface area contributed by atoms with E-state index in [1.54, 1.807) is 6.07 Å². The zero-order chi connectivity index (χ0) is 16.9. The van der Waals surface area contributed by atoms with Gasteiger partial charge in [0.2, 0.25) is 0 Å². The summed E-state index contributed by atoms with van der Waals surface area (Å²) in [6.45, 7) is 7.89. The van der Waals surface area contributed by atoms with Gasteiger partial charge in [-0.2, -0.15) is 0 Å². The molecule has 0 bridgehead atoms. The Labute approximate surface area is 157 Å². The maximum absolute atomic E-state index is 11.6. The fourth-order valence-corrected chi connectivity index (χ4v) is 4.18. The van der Waals surface area contributed by atoms with Crippen LogP contribution in [0, 0.1) is 5.92 Å². The van der Waals surface area contributed by atoms with E-state index in [4.69, 9.17) is 0 Å². The number of carbonyl (C=O) groups is 1. The Balaban J connectivity index is 0.00000225. The van der Waals surface area contributed by atoms with Gasteiger partial charge in [0.15, 0.2) is 0 Å². The van der Waals surface area contributed by atoms with Crippen LogP contribution >= 0.6 is 12.4 Å². The molecule has 0 spiro atoms. The van der Waals surface area contributed by atoms with E-state index in [0.29, 0.717) is 11.5 Å². The molecule has 0 radical (unpaired) electrons. The van der Waals surface area contributed by atoms with Gasteiger partial charge in [0.1, 0.15) is 0 Å². The molecule has 3 rings (SSSR count). The van der Waals surface area contributed by atoms with Crippen LogP contribution in [-0.4, -0.2) is 48.7 Å². The fourth-order valence-electron chi connectivity index (χ4n) is 4.18. The number of nitrogens with zero attached hydrogens (tertiary/aromatic N) is 2. The minimum atomic E-state index is -0.798. The number of halogens is 1. The molecule has 1 aromatic carbocycles. The molecule has 0 saturated carbocycles. The van der Waals surface area contributed by atoms with Gasteiger partial charge in [-0.15, -0.1) is 12.4 Å². The number of hydrogen-bond acceptors (Lipinski definition) is 3. The number of hydrogen-bond donors (Lipinski definition) is 1. The van der Waals surface area contributed by atoms with Crippen LogP contribution < -0.4 is 4.90 Å². The van der Waals surface area contributed by atoms with Gasteiger partial charge in [0, 0.05) is 13.1 Å². The van der Waals surface area contributed by atoms with E-state index < -0.39 is 5.97 Å². The quantitative estimate of drug-likeness (QED) is 0.824. The number of piperidine rings is 1. The molecule has 25 heavy (non-hydrogen) atoms. The van der Waals surface area contributed by atoms with E-state index in [1.807, 2.05) is 6.07 Å². The largest absolute Gasteiger partial charge is 0.478 e. The van der Waals surface area contributed by atoms with Crippen LogP contribution in [0.15, 0.2) is 18.2 Å². The SMILES string of the molecule is CCCCN1CCC(CN2CCCc3cccc(C(=O)O)c32)CC1.Cl. The van der Waals surface area contributed by atoms with Crippen LogP contribution in [0.3, 0.4) is 0 Å². The van der Waals surface area contributed by atoms with Crippen molar-refractivity contribution in [3.8, 4) is 0 Å². The lowest BCUT2D eigenvalue weighted by molar-refractivity contribution is 0.0697. The first-order valence-electron chi connectivity index (χ1n) is 9.51. The smallest absolute Gasteiger partial charge is 0.337 e. The van der Waals surface area contributed by atoms with Crippen molar-refractivity contribution in [2.24, 2.45) is 5.92 Å². The van der Waals surface area contributed by atoms with Gasteiger partial charge in [-0.25, -0.2) is 4.79 Å². The van der Waals surface area contributed by atoms with Gasteiger partial charge >= 0.3 is 5.97 Å². The number of para-hydroxylation sites is 1. The Morgan fingerprint density at radius 1 is 1.24 bits per heavy atom. The van der Waals surface area contributed by atoms with E-state index in [0.717, 1.165) is 31.6 Å². The molecule has 1 N–H and O–H groups in total. The van der Waals surface area contributed by atoms with E-state index in [-0.39, 0.29) is 12.4 Å². The first kappa shape index (κ1) is 20.1. The number of aromatic carboxylic acids is 1. The van der Waals surface area contributed by atoms with Crippen molar-refractivity contribution in [2.75, 3.05) is 37.6 Å². The minimum absolute atomic E-state index is 0. The van der Waals surface area contributed by atoms with Crippen molar-refractivity contribution < 1.29 is 9.90 Å². The molecule has 0 aliphatic carbocycles. The average molecular weight is 367 g/mol. The molecule has 0 atom stereocenters. The number of benzene rings is 1. The molecule has 0 amide bonds. The standard InChI is InChI=1S/C20H30N2O2.ClH/c1-2-3-11-21-13-9-16(10-14-21)15-22-12-5-7-17-6-4-8-18(19(17)22)20(23)24;/h4,6,8,16H,2-3,5,7,9-15H2,1H3,(H,23,24);1H. The third-order valence-electron chi connectivity index (χ3n) is 5.55. The van der Waals surface area contributed by atoms with Crippen molar-refractivity contribution in [2.45, 2.75) is 45.4 Å². The zero-order valence-corrected chi connectivity index (χ0v) is 16.1. The normalized spacial score (nSPS) is 18.5. The van der Waals surface area contributed by atoms with E-state index in [2.05, 4.69) is 22.8 Å². The van der Waals surface area contributed by atoms with Gasteiger partial charge < -0.3 is 14.9 Å². The molecular weight excluding hydrogens is 336 g/mol. The molecule has 2 heterocycles. The number of carboxylic acid groups (broad SMARTS) is 1. The average Bonchev–Trinajstić information content (AvgIpc) is 2.61. The van der Waals surface area contributed by atoms with Crippen LogP contribution in [0.25, 0.3) is 0 Å². The number of rotatable bonds is 6. The minimum Gasteiger partial charge on any atom is -0.478 e. The molecule has 1 aromatic rings. The topological polar surface area (TPSA) is 43.8 Å². The lowest BCUT2D eigenvalue weighted by Gasteiger charge is -2.38.